The maximum Gasteiger partial charge on any atom is 0.297 e. The van der Waals surface area contributed by atoms with Gasteiger partial charge in [-0.1, -0.05) is 53.9 Å². The minimum absolute atomic E-state index is 0.108. The van der Waals surface area contributed by atoms with Crippen molar-refractivity contribution in [3.8, 4) is 0 Å². The highest BCUT2D eigenvalue weighted by Gasteiger charge is 2.42. The highest BCUT2D eigenvalue weighted by Crippen LogP contribution is 2.33. The molecule has 0 saturated carbocycles. The Morgan fingerprint density at radius 1 is 1.20 bits per heavy atom. The quantitative estimate of drug-likeness (QED) is 0.329. The van der Waals surface area contributed by atoms with E-state index >= 15 is 0 Å². The number of hydrogen-bond acceptors (Lipinski definition) is 6. The van der Waals surface area contributed by atoms with Crippen LogP contribution in [-0.4, -0.2) is 43.1 Å². The second-order valence-electron chi connectivity index (χ2n) is 8.62. The van der Waals surface area contributed by atoms with Gasteiger partial charge in [-0.15, -0.1) is 0 Å². The normalized spacial score (nSPS) is 20.4. The van der Waals surface area contributed by atoms with Gasteiger partial charge in [0.2, 0.25) is 0 Å². The predicted octanol–water partition coefficient (Wildman–Crippen LogP) is 5.21. The van der Waals surface area contributed by atoms with Crippen LogP contribution in [0.2, 0.25) is 10.0 Å². The van der Waals surface area contributed by atoms with E-state index in [0.29, 0.717) is 29.4 Å². The predicted molar refractivity (Wildman–Crippen MR) is 134 cm³/mol. The van der Waals surface area contributed by atoms with Crippen LogP contribution in [0.25, 0.3) is 0 Å². The van der Waals surface area contributed by atoms with Gasteiger partial charge in [-0.05, 0) is 49.6 Å². The Hall–Kier alpha value is -1.94. The molecule has 35 heavy (non-hydrogen) atoms. The molecule has 1 saturated heterocycles. The highest BCUT2D eigenvalue weighted by molar-refractivity contribution is 7.86. The van der Waals surface area contributed by atoms with Crippen molar-refractivity contribution in [1.82, 2.24) is 9.55 Å². The molecule has 0 amide bonds. The van der Waals surface area contributed by atoms with E-state index in [-0.39, 0.29) is 18.1 Å². The third-order valence-corrected chi connectivity index (χ3v) is 7.88. The number of imidazole rings is 1. The molecule has 0 N–H and O–H groups in total. The van der Waals surface area contributed by atoms with Crippen LogP contribution < -0.4 is 0 Å². The van der Waals surface area contributed by atoms with Crippen LogP contribution in [0.4, 0.5) is 0 Å². The monoisotopic (exact) mass is 538 g/mol. The number of benzene rings is 2. The number of aryl methyl sites for hydroxylation is 3. The molecule has 4 rings (SSSR count). The molecule has 0 bridgehead atoms. The zero-order valence-electron chi connectivity index (χ0n) is 19.6. The molecular formula is C25H28Cl2N2O5S. The summed E-state index contributed by atoms with van der Waals surface area (Å²) >= 11 is 12.4. The van der Waals surface area contributed by atoms with Crippen molar-refractivity contribution in [2.75, 3.05) is 13.2 Å². The molecule has 10 heteroatoms. The van der Waals surface area contributed by atoms with Gasteiger partial charge >= 0.3 is 0 Å². The second-order valence-corrected chi connectivity index (χ2v) is 11.1. The Kier molecular flexibility index (Phi) is 8.20. The molecule has 1 aromatic heterocycles. The summed E-state index contributed by atoms with van der Waals surface area (Å²) in [6.07, 6.45) is 4.89. The van der Waals surface area contributed by atoms with Crippen molar-refractivity contribution in [2.24, 2.45) is 0 Å². The number of halogens is 2. The molecule has 2 aromatic carbocycles. The average Bonchev–Trinajstić information content (AvgIpc) is 3.44. The number of aromatic nitrogens is 2. The zero-order chi connectivity index (χ0) is 25.1. The Balaban J connectivity index is 1.48. The average molecular weight is 539 g/mol. The number of hydrogen-bond donors (Lipinski definition) is 0. The summed E-state index contributed by atoms with van der Waals surface area (Å²) < 4.78 is 45.1. The summed E-state index contributed by atoms with van der Waals surface area (Å²) in [5.41, 5.74) is 2.93. The van der Waals surface area contributed by atoms with Crippen molar-refractivity contribution in [3.05, 3.63) is 81.9 Å². The fourth-order valence-electron chi connectivity index (χ4n) is 4.02. The minimum Gasteiger partial charge on any atom is -0.345 e. The molecule has 0 radical (unpaired) electrons. The molecule has 1 aliphatic rings. The van der Waals surface area contributed by atoms with Crippen LogP contribution in [0, 0.1) is 6.92 Å². The first-order valence-electron chi connectivity index (χ1n) is 11.4. The maximum absolute atomic E-state index is 12.6. The zero-order valence-corrected chi connectivity index (χ0v) is 21.9. The third kappa shape index (κ3) is 6.44. The second kappa shape index (κ2) is 11.0. The van der Waals surface area contributed by atoms with E-state index in [1.807, 2.05) is 23.8 Å². The van der Waals surface area contributed by atoms with E-state index in [1.54, 1.807) is 30.6 Å². The summed E-state index contributed by atoms with van der Waals surface area (Å²) in [6, 6.07) is 11.9. The van der Waals surface area contributed by atoms with E-state index in [1.165, 1.54) is 12.1 Å². The molecule has 188 valence electrons. The smallest absolute Gasteiger partial charge is 0.297 e. The lowest BCUT2D eigenvalue weighted by molar-refractivity contribution is -0.184. The molecule has 0 unspecified atom stereocenters. The van der Waals surface area contributed by atoms with Gasteiger partial charge in [0.15, 0.2) is 5.79 Å². The summed E-state index contributed by atoms with van der Waals surface area (Å²) in [7, 11) is -3.91. The van der Waals surface area contributed by atoms with Crippen LogP contribution >= 0.6 is 23.2 Å². The van der Waals surface area contributed by atoms with Crippen molar-refractivity contribution in [1.29, 1.82) is 0 Å². The van der Waals surface area contributed by atoms with Gasteiger partial charge in [0.25, 0.3) is 10.1 Å². The van der Waals surface area contributed by atoms with E-state index in [2.05, 4.69) is 11.9 Å². The van der Waals surface area contributed by atoms with E-state index in [9.17, 15) is 8.42 Å². The van der Waals surface area contributed by atoms with Gasteiger partial charge in [-0.25, -0.2) is 4.98 Å². The fourth-order valence-corrected chi connectivity index (χ4v) is 5.46. The van der Waals surface area contributed by atoms with Crippen LogP contribution in [0.15, 0.2) is 59.9 Å². The molecule has 0 aliphatic carbocycles. The standard InChI is InChI=1S/C25H28Cl2N2O5S/c1-3-21-13-28-17-29(21)16-25(11-10-19-6-7-20(26)12-24(19)27)32-14-22(34-25)15-33-35(30,31)23-8-4-18(2)5-9-23/h4-9,12-13,17,22H,3,10-11,14-16H2,1-2H3/t22-,25-/m1/s1. The summed E-state index contributed by atoms with van der Waals surface area (Å²) in [5, 5.41) is 1.14. The van der Waals surface area contributed by atoms with Crippen molar-refractivity contribution < 1.29 is 22.1 Å². The molecule has 1 aliphatic heterocycles. The topological polar surface area (TPSA) is 79.7 Å². The summed E-state index contributed by atoms with van der Waals surface area (Å²) in [6.45, 7) is 4.40. The Morgan fingerprint density at radius 3 is 2.69 bits per heavy atom. The SMILES string of the molecule is CCc1cncn1C[C@]1(CCc2ccc(Cl)cc2Cl)OC[C@H](COS(=O)(=O)c2ccc(C)cc2)O1. The summed E-state index contributed by atoms with van der Waals surface area (Å²) in [4.78, 5) is 4.36. The molecule has 0 spiro atoms. The van der Waals surface area contributed by atoms with Gasteiger partial charge in [0.1, 0.15) is 6.10 Å². The summed E-state index contributed by atoms with van der Waals surface area (Å²) in [5.74, 6) is -0.991. The number of ether oxygens (including phenoxy) is 2. The van der Waals surface area contributed by atoms with Crippen molar-refractivity contribution in [3.63, 3.8) is 0 Å². The van der Waals surface area contributed by atoms with Crippen LogP contribution in [0.3, 0.4) is 0 Å². The van der Waals surface area contributed by atoms with Gasteiger partial charge in [-0.3, -0.25) is 4.18 Å². The van der Waals surface area contributed by atoms with E-state index < -0.39 is 22.0 Å². The molecule has 3 aromatic rings. The maximum atomic E-state index is 12.6. The first-order chi connectivity index (χ1) is 16.7. The van der Waals surface area contributed by atoms with Gasteiger partial charge in [0, 0.05) is 28.4 Å². The Labute approximate surface area is 216 Å². The third-order valence-electron chi connectivity index (χ3n) is 5.99. The van der Waals surface area contributed by atoms with E-state index in [4.69, 9.17) is 36.9 Å². The first kappa shape index (κ1) is 26.1. The number of rotatable bonds is 10. The largest absolute Gasteiger partial charge is 0.345 e. The van der Waals surface area contributed by atoms with Crippen LogP contribution in [0.1, 0.15) is 30.2 Å². The molecule has 2 heterocycles. The highest BCUT2D eigenvalue weighted by atomic mass is 35.5. The van der Waals surface area contributed by atoms with Crippen LogP contribution in [0.5, 0.6) is 0 Å². The number of nitrogens with zero attached hydrogens (tertiary/aromatic N) is 2. The molecular weight excluding hydrogens is 511 g/mol. The van der Waals surface area contributed by atoms with Gasteiger partial charge in [-0.2, -0.15) is 8.42 Å². The van der Waals surface area contributed by atoms with Crippen molar-refractivity contribution in [2.45, 2.75) is 56.4 Å². The molecule has 7 nitrogen and oxygen atoms in total. The van der Waals surface area contributed by atoms with Crippen LogP contribution in [-0.2, 0) is 43.2 Å². The lowest BCUT2D eigenvalue weighted by atomic mass is 10.0. The lowest BCUT2D eigenvalue weighted by Gasteiger charge is -2.29. The van der Waals surface area contributed by atoms with Crippen molar-refractivity contribution >= 4 is 33.3 Å². The Morgan fingerprint density at radius 2 is 1.97 bits per heavy atom. The van der Waals surface area contributed by atoms with Gasteiger partial charge < -0.3 is 14.0 Å². The fraction of sp³-hybridized carbons (Fsp3) is 0.400. The van der Waals surface area contributed by atoms with Gasteiger partial charge in [0.05, 0.1) is 31.0 Å². The Bertz CT molecular complexity index is 1260. The molecule has 1 fully saturated rings. The minimum atomic E-state index is -3.91. The van der Waals surface area contributed by atoms with E-state index in [0.717, 1.165) is 23.2 Å². The lowest BCUT2D eigenvalue weighted by Crippen LogP contribution is -2.38. The molecule has 2 atom stereocenters. The first-order valence-corrected chi connectivity index (χ1v) is 13.6.